The zero-order chi connectivity index (χ0) is 19.6. The molecule has 9 heteroatoms. The highest BCUT2D eigenvalue weighted by atomic mass is 32.2. The van der Waals surface area contributed by atoms with Crippen molar-refractivity contribution in [1.82, 2.24) is 9.62 Å². The van der Waals surface area contributed by atoms with Gasteiger partial charge in [0.25, 0.3) is 5.91 Å². The fourth-order valence-electron chi connectivity index (χ4n) is 2.97. The number of hydrogen-bond acceptors (Lipinski definition) is 6. The summed E-state index contributed by atoms with van der Waals surface area (Å²) in [5.41, 5.74) is 0.0491. The van der Waals surface area contributed by atoms with Crippen molar-refractivity contribution in [2.24, 2.45) is 0 Å². The third-order valence-electron chi connectivity index (χ3n) is 4.64. The van der Waals surface area contributed by atoms with Crippen LogP contribution in [-0.2, 0) is 19.6 Å². The maximum Gasteiger partial charge on any atom is 0.338 e. The van der Waals surface area contributed by atoms with E-state index >= 15 is 0 Å². The Bertz CT molecular complexity index is 828. The molecule has 1 aliphatic carbocycles. The first-order valence-electron chi connectivity index (χ1n) is 9.02. The number of benzene rings is 1. The summed E-state index contributed by atoms with van der Waals surface area (Å²) in [6, 6.07) is 3.97. The molecule has 148 valence electrons. The third-order valence-corrected chi connectivity index (χ3v) is 6.18. The van der Waals surface area contributed by atoms with Gasteiger partial charge in [-0.25, -0.2) is 17.9 Å². The quantitative estimate of drug-likeness (QED) is 0.697. The van der Waals surface area contributed by atoms with Gasteiger partial charge in [-0.2, -0.15) is 0 Å². The summed E-state index contributed by atoms with van der Waals surface area (Å²) in [7, 11) is -2.45. The summed E-state index contributed by atoms with van der Waals surface area (Å²) in [5.74, 6) is -0.848. The van der Waals surface area contributed by atoms with E-state index in [0.29, 0.717) is 13.1 Å². The summed E-state index contributed by atoms with van der Waals surface area (Å²) in [6.07, 6.45) is 2.54. The van der Waals surface area contributed by atoms with E-state index in [4.69, 9.17) is 9.47 Å². The van der Waals surface area contributed by atoms with Crippen molar-refractivity contribution in [3.05, 3.63) is 23.8 Å². The van der Waals surface area contributed by atoms with E-state index in [-0.39, 0.29) is 28.2 Å². The molecule has 8 nitrogen and oxygen atoms in total. The van der Waals surface area contributed by atoms with E-state index in [9.17, 15) is 18.0 Å². The summed E-state index contributed by atoms with van der Waals surface area (Å²) in [4.78, 5) is 26.3. The molecule has 0 bridgehead atoms. The van der Waals surface area contributed by atoms with Gasteiger partial charge in [-0.05, 0) is 50.8 Å². The van der Waals surface area contributed by atoms with E-state index in [1.54, 1.807) is 4.90 Å². The van der Waals surface area contributed by atoms with Crippen LogP contribution in [0, 0.1) is 0 Å². The molecule has 1 atom stereocenters. The molecular weight excluding hydrogens is 372 g/mol. The maximum absolute atomic E-state index is 12.5. The minimum atomic E-state index is -3.81. The molecule has 2 fully saturated rings. The van der Waals surface area contributed by atoms with Crippen LogP contribution in [0.5, 0.6) is 5.75 Å². The van der Waals surface area contributed by atoms with Gasteiger partial charge in [0.15, 0.2) is 6.10 Å². The molecule has 2 aliphatic rings. The summed E-state index contributed by atoms with van der Waals surface area (Å²) < 4.78 is 38.0. The van der Waals surface area contributed by atoms with Crippen molar-refractivity contribution in [1.29, 1.82) is 0 Å². The molecule has 0 radical (unpaired) electrons. The molecule has 0 spiro atoms. The van der Waals surface area contributed by atoms with Gasteiger partial charge in [-0.3, -0.25) is 4.79 Å². The normalized spacial score (nSPS) is 18.2. The Kier molecular flexibility index (Phi) is 5.71. The van der Waals surface area contributed by atoms with Crippen LogP contribution in [0.4, 0.5) is 0 Å². The molecule has 0 unspecified atom stereocenters. The van der Waals surface area contributed by atoms with Gasteiger partial charge < -0.3 is 14.4 Å². The molecule has 3 rings (SSSR count). The van der Waals surface area contributed by atoms with E-state index < -0.39 is 22.1 Å². The van der Waals surface area contributed by atoms with Gasteiger partial charge in [0, 0.05) is 19.1 Å². The second-order valence-electron chi connectivity index (χ2n) is 6.84. The first-order chi connectivity index (χ1) is 12.8. The Morgan fingerprint density at radius 3 is 2.48 bits per heavy atom. The number of rotatable bonds is 7. The number of ether oxygens (including phenoxy) is 2. The lowest BCUT2D eigenvalue weighted by Crippen LogP contribution is -2.38. The van der Waals surface area contributed by atoms with Gasteiger partial charge in [0.1, 0.15) is 10.6 Å². The number of hydrogen-bond donors (Lipinski definition) is 1. The van der Waals surface area contributed by atoms with Gasteiger partial charge in [-0.15, -0.1) is 0 Å². The van der Waals surface area contributed by atoms with Crippen molar-refractivity contribution < 1.29 is 27.5 Å². The van der Waals surface area contributed by atoms with Crippen molar-refractivity contribution in [2.75, 3.05) is 20.2 Å². The molecule has 1 aromatic rings. The lowest BCUT2D eigenvalue weighted by Gasteiger charge is -2.20. The van der Waals surface area contributed by atoms with E-state index in [1.165, 1.54) is 32.2 Å². The predicted molar refractivity (Wildman–Crippen MR) is 97.0 cm³/mol. The van der Waals surface area contributed by atoms with Crippen molar-refractivity contribution in [3.8, 4) is 5.75 Å². The third kappa shape index (κ3) is 4.59. The molecule has 1 heterocycles. The number of amides is 1. The molecule has 1 aromatic carbocycles. The molecular formula is C18H24N2O6S. The van der Waals surface area contributed by atoms with Gasteiger partial charge in [0.2, 0.25) is 10.0 Å². The van der Waals surface area contributed by atoms with Crippen molar-refractivity contribution >= 4 is 21.9 Å². The standard InChI is InChI=1S/C18H24N2O6S/c1-12(17(21)20-9-3-4-10-20)26-18(22)13-5-8-15(25-2)16(11-13)27(23,24)19-14-6-7-14/h5,8,11-12,14,19H,3-4,6-7,9-10H2,1-2H3/t12-/m0/s1. The molecule has 1 amide bonds. The lowest BCUT2D eigenvalue weighted by atomic mass is 10.2. The SMILES string of the molecule is COc1ccc(C(=O)O[C@@H](C)C(=O)N2CCCC2)cc1S(=O)(=O)NC1CC1. The highest BCUT2D eigenvalue weighted by molar-refractivity contribution is 7.89. The van der Waals surface area contributed by atoms with E-state index in [0.717, 1.165) is 25.7 Å². The Morgan fingerprint density at radius 1 is 1.22 bits per heavy atom. The monoisotopic (exact) mass is 396 g/mol. The predicted octanol–water partition coefficient (Wildman–Crippen LogP) is 1.30. The zero-order valence-electron chi connectivity index (χ0n) is 15.4. The molecule has 1 saturated carbocycles. The van der Waals surface area contributed by atoms with Crippen molar-refractivity contribution in [2.45, 2.75) is 49.6 Å². The minimum Gasteiger partial charge on any atom is -0.495 e. The maximum atomic E-state index is 12.5. The Labute approximate surface area is 158 Å². The second-order valence-corrected chi connectivity index (χ2v) is 8.52. The number of methoxy groups -OCH3 is 1. The highest BCUT2D eigenvalue weighted by Gasteiger charge is 2.31. The van der Waals surface area contributed by atoms with Crippen LogP contribution in [-0.4, -0.2) is 57.5 Å². The van der Waals surface area contributed by atoms with Crippen LogP contribution in [0.2, 0.25) is 0 Å². The first-order valence-corrected chi connectivity index (χ1v) is 10.5. The van der Waals surface area contributed by atoms with Crippen LogP contribution < -0.4 is 9.46 Å². The zero-order valence-corrected chi connectivity index (χ0v) is 16.3. The van der Waals surface area contributed by atoms with E-state index in [1.807, 2.05) is 0 Å². The van der Waals surface area contributed by atoms with Gasteiger partial charge in [-0.1, -0.05) is 0 Å². The largest absolute Gasteiger partial charge is 0.495 e. The number of nitrogens with one attached hydrogen (secondary N) is 1. The highest BCUT2D eigenvalue weighted by Crippen LogP contribution is 2.28. The lowest BCUT2D eigenvalue weighted by molar-refractivity contribution is -0.138. The smallest absolute Gasteiger partial charge is 0.338 e. The fraction of sp³-hybridized carbons (Fsp3) is 0.556. The molecule has 0 aromatic heterocycles. The average Bonchev–Trinajstić information content (AvgIpc) is 3.27. The molecule has 1 aliphatic heterocycles. The summed E-state index contributed by atoms with van der Waals surface area (Å²) in [6.45, 7) is 2.85. The summed E-state index contributed by atoms with van der Waals surface area (Å²) in [5, 5.41) is 0. The van der Waals surface area contributed by atoms with Gasteiger partial charge >= 0.3 is 5.97 Å². The fourth-order valence-corrected chi connectivity index (χ4v) is 4.47. The van der Waals surface area contributed by atoms with Crippen LogP contribution in [0.1, 0.15) is 43.0 Å². The Balaban J connectivity index is 1.76. The number of nitrogens with zero attached hydrogens (tertiary/aromatic N) is 1. The van der Waals surface area contributed by atoms with Crippen LogP contribution >= 0.6 is 0 Å². The molecule has 1 saturated heterocycles. The second kappa shape index (κ2) is 7.85. The number of esters is 1. The molecule has 27 heavy (non-hydrogen) atoms. The van der Waals surface area contributed by atoms with E-state index in [2.05, 4.69) is 4.72 Å². The number of likely N-dealkylation sites (tertiary alicyclic amines) is 1. The van der Waals surface area contributed by atoms with Gasteiger partial charge in [0.05, 0.1) is 12.7 Å². The minimum absolute atomic E-state index is 0.0491. The van der Waals surface area contributed by atoms with Crippen LogP contribution in [0.15, 0.2) is 23.1 Å². The Hall–Kier alpha value is -2.13. The number of carbonyl (C=O) groups is 2. The van der Waals surface area contributed by atoms with Crippen molar-refractivity contribution in [3.63, 3.8) is 0 Å². The molecule has 1 N–H and O–H groups in total. The van der Waals surface area contributed by atoms with Crippen LogP contribution in [0.25, 0.3) is 0 Å². The Morgan fingerprint density at radius 2 is 1.89 bits per heavy atom. The number of carbonyl (C=O) groups excluding carboxylic acids is 2. The number of sulfonamides is 1. The van der Waals surface area contributed by atoms with Crippen LogP contribution in [0.3, 0.4) is 0 Å². The topological polar surface area (TPSA) is 102 Å². The average molecular weight is 396 g/mol. The summed E-state index contributed by atoms with van der Waals surface area (Å²) >= 11 is 0. The first kappa shape index (κ1) is 19.6.